The van der Waals surface area contributed by atoms with Crippen LogP contribution in [0, 0.1) is 12.7 Å². The standard InChI is InChI=1S/C11H11F6NS.C2H6/c1-4-18-8(3)10-5-9(12)6-11(7(10)2)19(13,14,15,16)17;1-2/h4-6H,1H2,2-3H3;1-2H3. The molecule has 0 aliphatic carbocycles. The highest BCUT2D eigenvalue weighted by Crippen LogP contribution is 3.02. The largest absolute Gasteiger partial charge is 0.310 e. The summed E-state index contributed by atoms with van der Waals surface area (Å²) < 4.78 is 77.1. The Morgan fingerprint density at radius 1 is 1.14 bits per heavy atom. The Kier molecular flexibility index (Phi) is 5.03. The highest BCUT2D eigenvalue weighted by molar-refractivity contribution is 8.45. The number of halogens is 6. The lowest BCUT2D eigenvalue weighted by atomic mass is 10.0. The quantitative estimate of drug-likeness (QED) is 0.427. The Bertz CT molecular complexity index is 574. The molecule has 0 radical (unpaired) electrons. The van der Waals surface area contributed by atoms with E-state index < -0.39 is 26.5 Å². The number of hydrogen-bond donors (Lipinski definition) is 0. The first-order valence-electron chi connectivity index (χ1n) is 5.96. The molecule has 0 N–H and O–H groups in total. The van der Waals surface area contributed by atoms with Gasteiger partial charge in [-0.05, 0) is 31.5 Å². The molecule has 0 spiro atoms. The van der Waals surface area contributed by atoms with Crippen LogP contribution in [0.3, 0.4) is 0 Å². The van der Waals surface area contributed by atoms with Crippen LogP contribution in [0.4, 0.5) is 23.8 Å². The van der Waals surface area contributed by atoms with Crippen LogP contribution in [-0.2, 0) is 0 Å². The Hall–Kier alpha value is -1.44. The summed E-state index contributed by atoms with van der Waals surface area (Å²) in [7, 11) is -9.94. The van der Waals surface area contributed by atoms with Crippen molar-refractivity contribution in [2.75, 3.05) is 0 Å². The zero-order chi connectivity index (χ0) is 17.1. The number of benzene rings is 1. The molecule has 0 unspecified atom stereocenters. The molecule has 21 heavy (non-hydrogen) atoms. The van der Waals surface area contributed by atoms with E-state index in [0.717, 1.165) is 19.2 Å². The first kappa shape index (κ1) is 19.6. The molecule has 0 saturated carbocycles. The van der Waals surface area contributed by atoms with Gasteiger partial charge in [0.2, 0.25) is 0 Å². The summed E-state index contributed by atoms with van der Waals surface area (Å²) >= 11 is 0. The summed E-state index contributed by atoms with van der Waals surface area (Å²) in [5.41, 5.74) is -1.12. The third-order valence-electron chi connectivity index (χ3n) is 2.42. The van der Waals surface area contributed by atoms with E-state index in [1.54, 1.807) is 0 Å². The van der Waals surface area contributed by atoms with E-state index in [-0.39, 0.29) is 17.3 Å². The predicted octanol–water partition coefficient (Wildman–Crippen LogP) is 6.77. The van der Waals surface area contributed by atoms with E-state index in [1.807, 2.05) is 13.8 Å². The summed E-state index contributed by atoms with van der Waals surface area (Å²) in [5, 5.41) is 0. The minimum absolute atomic E-state index is 0.0323. The van der Waals surface area contributed by atoms with Crippen molar-refractivity contribution in [3.05, 3.63) is 41.9 Å². The molecule has 1 rings (SSSR count). The van der Waals surface area contributed by atoms with Crippen LogP contribution in [-0.4, -0.2) is 5.71 Å². The molecule has 8 heteroatoms. The SMILES string of the molecule is C=CN=C(C)c1cc(F)cc(S(F)(F)(F)(F)F)c1C.CC. The lowest BCUT2D eigenvalue weighted by molar-refractivity contribution is 0.362. The summed E-state index contributed by atoms with van der Waals surface area (Å²) in [5.74, 6) is -1.40. The maximum atomic E-state index is 13.2. The second kappa shape index (κ2) is 5.40. The molecular formula is C13H17F6NS. The Labute approximate surface area is 120 Å². The normalized spacial score (nSPS) is 15.4. The number of aliphatic imine (C=N–C) groups is 1. The van der Waals surface area contributed by atoms with E-state index in [1.165, 1.54) is 6.92 Å². The van der Waals surface area contributed by atoms with Gasteiger partial charge in [-0.15, -0.1) is 0 Å². The van der Waals surface area contributed by atoms with Gasteiger partial charge < -0.3 is 0 Å². The molecule has 1 aromatic rings. The third-order valence-corrected chi connectivity index (χ3v) is 3.67. The molecule has 0 saturated heterocycles. The number of hydrogen-bond acceptors (Lipinski definition) is 1. The zero-order valence-corrected chi connectivity index (χ0v) is 12.9. The van der Waals surface area contributed by atoms with Crippen LogP contribution >= 0.6 is 10.2 Å². The van der Waals surface area contributed by atoms with E-state index in [0.29, 0.717) is 0 Å². The van der Waals surface area contributed by atoms with E-state index in [4.69, 9.17) is 0 Å². The molecule has 0 amide bonds. The van der Waals surface area contributed by atoms with Gasteiger partial charge in [-0.3, -0.25) is 4.99 Å². The van der Waals surface area contributed by atoms with Crippen LogP contribution in [0.25, 0.3) is 0 Å². The predicted molar refractivity (Wildman–Crippen MR) is 76.3 cm³/mol. The third kappa shape index (κ3) is 5.11. The smallest absolute Gasteiger partial charge is 0.262 e. The van der Waals surface area contributed by atoms with Gasteiger partial charge in [0.15, 0.2) is 0 Å². The first-order chi connectivity index (χ1) is 9.26. The van der Waals surface area contributed by atoms with Crippen molar-refractivity contribution < 1.29 is 23.8 Å². The van der Waals surface area contributed by atoms with Crippen molar-refractivity contribution >= 4 is 15.9 Å². The second-order valence-electron chi connectivity index (χ2n) is 3.94. The monoisotopic (exact) mass is 333 g/mol. The molecule has 0 atom stereocenters. The van der Waals surface area contributed by atoms with Crippen molar-refractivity contribution in [1.29, 1.82) is 0 Å². The number of rotatable bonds is 3. The highest BCUT2D eigenvalue weighted by Gasteiger charge is 2.66. The molecule has 1 nitrogen and oxygen atoms in total. The summed E-state index contributed by atoms with van der Waals surface area (Å²) in [4.78, 5) is 1.35. The van der Waals surface area contributed by atoms with Gasteiger partial charge in [-0.1, -0.05) is 39.9 Å². The molecule has 0 aliphatic rings. The molecule has 0 aliphatic heterocycles. The van der Waals surface area contributed by atoms with Crippen molar-refractivity contribution in [1.82, 2.24) is 0 Å². The van der Waals surface area contributed by atoms with Gasteiger partial charge in [0, 0.05) is 17.5 Å². The molecule has 0 fully saturated rings. The fourth-order valence-corrected chi connectivity index (χ4v) is 2.66. The summed E-state index contributed by atoms with van der Waals surface area (Å²) in [6.07, 6.45) is 1.03. The fraction of sp³-hybridized carbons (Fsp3) is 0.308. The molecule has 1 aromatic carbocycles. The van der Waals surface area contributed by atoms with Crippen molar-refractivity contribution in [3.63, 3.8) is 0 Å². The first-order valence-corrected chi connectivity index (χ1v) is 7.91. The lowest BCUT2D eigenvalue weighted by Crippen LogP contribution is -2.12. The molecule has 0 aromatic heterocycles. The average molecular weight is 333 g/mol. The van der Waals surface area contributed by atoms with Crippen LogP contribution in [0.15, 0.2) is 34.8 Å². The lowest BCUT2D eigenvalue weighted by Gasteiger charge is -2.41. The van der Waals surface area contributed by atoms with Crippen LogP contribution < -0.4 is 0 Å². The van der Waals surface area contributed by atoms with Gasteiger partial charge in [-0.2, -0.15) is 0 Å². The van der Waals surface area contributed by atoms with Gasteiger partial charge >= 0.3 is 10.2 Å². The molecule has 0 bridgehead atoms. The van der Waals surface area contributed by atoms with E-state index in [2.05, 4.69) is 11.6 Å². The van der Waals surface area contributed by atoms with Crippen molar-refractivity contribution in [2.45, 2.75) is 32.6 Å². The maximum Gasteiger partial charge on any atom is 0.310 e. The van der Waals surface area contributed by atoms with Crippen molar-refractivity contribution in [3.8, 4) is 0 Å². The maximum absolute atomic E-state index is 13.2. The minimum atomic E-state index is -9.94. The number of nitrogens with zero attached hydrogens (tertiary/aromatic N) is 1. The summed E-state index contributed by atoms with van der Waals surface area (Å²) in [6.45, 7) is 9.36. The minimum Gasteiger partial charge on any atom is -0.262 e. The van der Waals surface area contributed by atoms with Gasteiger partial charge in [0.25, 0.3) is 0 Å². The Balaban J connectivity index is 0.00000191. The van der Waals surface area contributed by atoms with Gasteiger partial charge in [-0.25, -0.2) is 4.39 Å². The van der Waals surface area contributed by atoms with Crippen LogP contribution in [0.2, 0.25) is 0 Å². The Morgan fingerprint density at radius 3 is 2.00 bits per heavy atom. The molecule has 122 valence electrons. The topological polar surface area (TPSA) is 12.4 Å². The van der Waals surface area contributed by atoms with Gasteiger partial charge in [0.1, 0.15) is 10.7 Å². The Morgan fingerprint density at radius 2 is 1.62 bits per heavy atom. The van der Waals surface area contributed by atoms with Crippen LogP contribution in [0.1, 0.15) is 31.9 Å². The second-order valence-corrected chi connectivity index (χ2v) is 6.32. The van der Waals surface area contributed by atoms with Crippen LogP contribution in [0.5, 0.6) is 0 Å². The fourth-order valence-electron chi connectivity index (χ4n) is 1.64. The van der Waals surface area contributed by atoms with Crippen molar-refractivity contribution in [2.24, 2.45) is 4.99 Å². The molecule has 0 heterocycles. The van der Waals surface area contributed by atoms with E-state index in [9.17, 15) is 23.8 Å². The summed E-state index contributed by atoms with van der Waals surface area (Å²) in [6, 6.07) is 0.534. The van der Waals surface area contributed by atoms with Gasteiger partial charge in [0.05, 0.1) is 0 Å². The van der Waals surface area contributed by atoms with E-state index >= 15 is 0 Å². The highest BCUT2D eigenvalue weighted by atomic mass is 32.5. The molecular weight excluding hydrogens is 316 g/mol. The zero-order valence-electron chi connectivity index (χ0n) is 12.1. The average Bonchev–Trinajstić information content (AvgIpc) is 2.31.